The third-order valence-electron chi connectivity index (χ3n) is 6.91. The van der Waals surface area contributed by atoms with Crippen LogP contribution in [0.1, 0.15) is 51.9 Å². The van der Waals surface area contributed by atoms with Gasteiger partial charge in [0, 0.05) is 24.5 Å². The highest BCUT2D eigenvalue weighted by Gasteiger charge is 2.28. The molecule has 0 saturated heterocycles. The second kappa shape index (κ2) is 10.3. The first-order valence-electron chi connectivity index (χ1n) is 12.7. The number of hydrogen-bond acceptors (Lipinski definition) is 5. The fraction of sp³-hybridized carbons (Fsp3) is 0.200. The van der Waals surface area contributed by atoms with E-state index in [2.05, 4.69) is 32.3 Å². The predicted octanol–water partition coefficient (Wildman–Crippen LogP) is 5.69. The fourth-order valence-corrected chi connectivity index (χ4v) is 5.11. The first-order valence-corrected chi connectivity index (χ1v) is 12.7. The maximum Gasteiger partial charge on any atom is 0.256 e. The molecule has 37 heavy (non-hydrogen) atoms. The van der Waals surface area contributed by atoms with Gasteiger partial charge in [-0.2, -0.15) is 0 Å². The lowest BCUT2D eigenvalue weighted by atomic mass is 9.90. The zero-order valence-corrected chi connectivity index (χ0v) is 20.5. The molecule has 5 aromatic rings. The Kier molecular flexibility index (Phi) is 6.44. The lowest BCUT2D eigenvalue weighted by Crippen LogP contribution is -2.31. The number of nitrogens with one attached hydrogen (secondary N) is 2. The number of imidazole rings is 1. The Hall–Kier alpha value is -4.36. The van der Waals surface area contributed by atoms with Crippen LogP contribution in [0.3, 0.4) is 0 Å². The van der Waals surface area contributed by atoms with Crippen LogP contribution in [-0.2, 0) is 19.5 Å². The van der Waals surface area contributed by atoms with Crippen LogP contribution in [-0.4, -0.2) is 30.7 Å². The molecule has 1 aliphatic carbocycles. The van der Waals surface area contributed by atoms with Gasteiger partial charge in [-0.15, -0.1) is 0 Å². The molecule has 2 N–H and O–H groups in total. The number of nitrogens with zero attached hydrogens (tertiary/aromatic N) is 4. The number of aryl methyl sites for hydroxylation is 1. The van der Waals surface area contributed by atoms with Gasteiger partial charge >= 0.3 is 0 Å². The summed E-state index contributed by atoms with van der Waals surface area (Å²) in [5.41, 5.74) is 6.24. The van der Waals surface area contributed by atoms with Crippen molar-refractivity contribution in [1.29, 1.82) is 0 Å². The molecule has 0 spiro atoms. The van der Waals surface area contributed by atoms with Crippen molar-refractivity contribution < 1.29 is 4.79 Å². The molecule has 7 nitrogen and oxygen atoms in total. The van der Waals surface area contributed by atoms with Crippen LogP contribution in [0.25, 0.3) is 11.0 Å². The third kappa shape index (κ3) is 5.13. The van der Waals surface area contributed by atoms with E-state index in [1.165, 1.54) is 5.56 Å². The maximum absolute atomic E-state index is 12.7. The number of aromatic amines is 1. The lowest BCUT2D eigenvalue weighted by molar-refractivity contribution is 0.102. The normalized spacial score (nSPS) is 15.0. The van der Waals surface area contributed by atoms with Gasteiger partial charge in [-0.3, -0.25) is 14.7 Å². The molecule has 0 bridgehead atoms. The monoisotopic (exact) mass is 488 g/mol. The van der Waals surface area contributed by atoms with E-state index in [0.717, 1.165) is 53.9 Å². The van der Waals surface area contributed by atoms with E-state index in [-0.39, 0.29) is 11.9 Å². The maximum atomic E-state index is 12.7. The lowest BCUT2D eigenvalue weighted by Gasteiger charge is -2.34. The molecule has 1 aliphatic rings. The number of carbonyl (C=O) groups is 1. The molecule has 0 radical (unpaired) electrons. The van der Waals surface area contributed by atoms with E-state index < -0.39 is 0 Å². The molecule has 7 heteroatoms. The van der Waals surface area contributed by atoms with Gasteiger partial charge in [0.15, 0.2) is 0 Å². The van der Waals surface area contributed by atoms with Crippen molar-refractivity contribution in [1.82, 2.24) is 24.8 Å². The molecule has 1 amide bonds. The Bertz CT molecular complexity index is 1480. The summed E-state index contributed by atoms with van der Waals surface area (Å²) in [7, 11) is 0. The number of pyridine rings is 2. The first-order chi connectivity index (χ1) is 18.2. The largest absolute Gasteiger partial charge is 0.341 e. The Labute approximate surface area is 215 Å². The molecule has 184 valence electrons. The van der Waals surface area contributed by atoms with Gasteiger partial charge in [-0.05, 0) is 72.9 Å². The minimum atomic E-state index is -0.171. The summed E-state index contributed by atoms with van der Waals surface area (Å²) < 4.78 is 0. The molecule has 2 aromatic carbocycles. The van der Waals surface area contributed by atoms with Gasteiger partial charge in [0.25, 0.3) is 5.91 Å². The molecular formula is C30H28N6O. The molecule has 6 rings (SSSR count). The van der Waals surface area contributed by atoms with E-state index in [9.17, 15) is 4.79 Å². The van der Waals surface area contributed by atoms with Crippen molar-refractivity contribution in [3.63, 3.8) is 0 Å². The summed E-state index contributed by atoms with van der Waals surface area (Å²) in [6, 6.07) is 25.8. The van der Waals surface area contributed by atoms with Crippen LogP contribution >= 0.6 is 0 Å². The topological polar surface area (TPSA) is 86.8 Å². The first kappa shape index (κ1) is 23.1. The van der Waals surface area contributed by atoms with E-state index in [1.807, 2.05) is 66.9 Å². The number of amides is 1. The van der Waals surface area contributed by atoms with E-state index in [1.54, 1.807) is 12.3 Å². The molecule has 0 fully saturated rings. The number of fused-ring (bicyclic) bond motifs is 2. The number of H-pyrrole nitrogens is 1. The quantitative estimate of drug-likeness (QED) is 0.308. The number of para-hydroxylation sites is 2. The predicted molar refractivity (Wildman–Crippen MR) is 144 cm³/mol. The smallest absolute Gasteiger partial charge is 0.256 e. The fourth-order valence-electron chi connectivity index (χ4n) is 5.11. The number of carbonyl (C=O) groups excluding carboxylic acids is 1. The highest BCUT2D eigenvalue weighted by molar-refractivity contribution is 6.03. The van der Waals surface area contributed by atoms with Crippen LogP contribution in [0, 0.1) is 0 Å². The summed E-state index contributed by atoms with van der Waals surface area (Å²) in [5.74, 6) is 1.31. The third-order valence-corrected chi connectivity index (χ3v) is 6.91. The van der Waals surface area contributed by atoms with Crippen molar-refractivity contribution in [2.75, 3.05) is 5.32 Å². The van der Waals surface area contributed by atoms with Crippen molar-refractivity contribution in [2.45, 2.75) is 38.4 Å². The van der Waals surface area contributed by atoms with Gasteiger partial charge in [0.05, 0.1) is 29.3 Å². The number of hydrogen-bond donors (Lipinski definition) is 2. The summed E-state index contributed by atoms with van der Waals surface area (Å²) in [6.45, 7) is 1.40. The Morgan fingerprint density at radius 1 is 0.919 bits per heavy atom. The standard InChI is InChI=1S/C30H28N6O/c37-30(35-27-12-3-4-17-31-27)23-15-13-21(14-16-23)19-36(20-28-33-24-9-1-2-10-25(24)34-28)26-11-5-7-22-8-6-18-32-29(22)26/h1-4,6,8-10,12-18,26H,5,7,11,19-20H2,(H,33,34)(H,31,35,37). The van der Waals surface area contributed by atoms with E-state index in [4.69, 9.17) is 9.97 Å². The van der Waals surface area contributed by atoms with Gasteiger partial charge < -0.3 is 10.3 Å². The Morgan fingerprint density at radius 2 is 1.76 bits per heavy atom. The van der Waals surface area contributed by atoms with Gasteiger partial charge in [-0.25, -0.2) is 9.97 Å². The number of aromatic nitrogens is 4. The number of rotatable bonds is 7. The van der Waals surface area contributed by atoms with E-state index >= 15 is 0 Å². The minimum Gasteiger partial charge on any atom is -0.341 e. The summed E-state index contributed by atoms with van der Waals surface area (Å²) >= 11 is 0. The second-order valence-electron chi connectivity index (χ2n) is 9.43. The Morgan fingerprint density at radius 3 is 2.59 bits per heavy atom. The molecule has 0 saturated carbocycles. The van der Waals surface area contributed by atoms with Gasteiger partial charge in [0.2, 0.25) is 0 Å². The van der Waals surface area contributed by atoms with Gasteiger partial charge in [-0.1, -0.05) is 36.4 Å². The number of anilines is 1. The second-order valence-corrected chi connectivity index (χ2v) is 9.43. The van der Waals surface area contributed by atoms with Crippen LogP contribution in [0.2, 0.25) is 0 Å². The van der Waals surface area contributed by atoms with Crippen molar-refractivity contribution >= 4 is 22.8 Å². The summed E-state index contributed by atoms with van der Waals surface area (Å²) in [5, 5.41) is 2.85. The van der Waals surface area contributed by atoms with Crippen LogP contribution < -0.4 is 5.32 Å². The summed E-state index contributed by atoms with van der Waals surface area (Å²) in [6.07, 6.45) is 6.80. The van der Waals surface area contributed by atoms with Crippen molar-refractivity contribution in [3.05, 3.63) is 119 Å². The molecular weight excluding hydrogens is 460 g/mol. The Balaban J connectivity index is 1.25. The number of benzene rings is 2. The van der Waals surface area contributed by atoms with Crippen molar-refractivity contribution in [2.24, 2.45) is 0 Å². The highest BCUT2D eigenvalue weighted by atomic mass is 16.1. The molecule has 3 heterocycles. The van der Waals surface area contributed by atoms with E-state index in [0.29, 0.717) is 17.9 Å². The highest BCUT2D eigenvalue weighted by Crippen LogP contribution is 2.34. The zero-order chi connectivity index (χ0) is 25.0. The van der Waals surface area contributed by atoms with Gasteiger partial charge in [0.1, 0.15) is 11.6 Å². The van der Waals surface area contributed by atoms with Crippen LogP contribution in [0.5, 0.6) is 0 Å². The van der Waals surface area contributed by atoms with Crippen LogP contribution in [0.15, 0.2) is 91.3 Å². The van der Waals surface area contributed by atoms with Crippen molar-refractivity contribution in [3.8, 4) is 0 Å². The molecule has 1 atom stereocenters. The zero-order valence-electron chi connectivity index (χ0n) is 20.5. The SMILES string of the molecule is O=C(Nc1ccccn1)c1ccc(CN(Cc2nc3ccccc3[nH]2)C2CCCc3cccnc32)cc1. The molecule has 0 aliphatic heterocycles. The molecule has 1 unspecified atom stereocenters. The average Bonchev–Trinajstić information content (AvgIpc) is 3.36. The molecule has 3 aromatic heterocycles. The van der Waals surface area contributed by atoms with Crippen LogP contribution in [0.4, 0.5) is 5.82 Å². The average molecular weight is 489 g/mol. The summed E-state index contributed by atoms with van der Waals surface area (Å²) in [4.78, 5) is 32.4. The minimum absolute atomic E-state index is 0.171.